The molecule has 0 saturated carbocycles. The summed E-state index contributed by atoms with van der Waals surface area (Å²) >= 11 is 0. The maximum Gasteiger partial charge on any atom is 0.0553 e. The predicted octanol–water partition coefficient (Wildman–Crippen LogP) is 16.1. The van der Waals surface area contributed by atoms with Gasteiger partial charge in [0.2, 0.25) is 0 Å². The molecule has 2 heteroatoms. The van der Waals surface area contributed by atoms with Gasteiger partial charge in [-0.15, -0.1) is 0 Å². The number of benzene rings is 10. The van der Waals surface area contributed by atoms with Crippen LogP contribution in [0.2, 0.25) is 0 Å². The van der Waals surface area contributed by atoms with Crippen LogP contribution in [0, 0.1) is 0 Å². The molecule has 0 radical (unpaired) electrons. The van der Waals surface area contributed by atoms with E-state index in [0.717, 1.165) is 45.0 Å². The molecule has 0 unspecified atom stereocenters. The van der Waals surface area contributed by atoms with Crippen LogP contribution in [0.3, 0.4) is 0 Å². The molecule has 0 spiro atoms. The second kappa shape index (κ2) is 15.1. The fourth-order valence-electron chi connectivity index (χ4n) is 9.04. The van der Waals surface area contributed by atoms with E-state index in [1.807, 2.05) is 0 Å². The van der Waals surface area contributed by atoms with Crippen molar-refractivity contribution in [3.8, 4) is 50.2 Å². The second-order valence-electron chi connectivity index (χ2n) is 15.3. The highest BCUT2D eigenvalue weighted by Crippen LogP contribution is 2.47. The number of hydrogen-bond donors (Lipinski definition) is 0. The first kappa shape index (κ1) is 35.2. The molecular formula is C58H40N2. The highest BCUT2D eigenvalue weighted by atomic mass is 15.1. The van der Waals surface area contributed by atoms with Gasteiger partial charge in [0.1, 0.15) is 0 Å². The minimum Gasteiger partial charge on any atom is -0.310 e. The first-order chi connectivity index (χ1) is 29.8. The lowest BCUT2D eigenvalue weighted by molar-refractivity contribution is 1.18. The summed E-state index contributed by atoms with van der Waals surface area (Å²) < 4.78 is 2.42. The molecule has 11 aromatic rings. The molecular weight excluding hydrogens is 725 g/mol. The van der Waals surface area contributed by atoms with Gasteiger partial charge in [-0.3, -0.25) is 0 Å². The van der Waals surface area contributed by atoms with Crippen molar-refractivity contribution in [3.63, 3.8) is 0 Å². The van der Waals surface area contributed by atoms with Crippen molar-refractivity contribution in [2.45, 2.75) is 0 Å². The first-order valence-corrected chi connectivity index (χ1v) is 20.6. The molecule has 0 fully saturated rings. The third-order valence-electron chi connectivity index (χ3n) is 11.7. The maximum atomic E-state index is 2.46. The van der Waals surface area contributed by atoms with Gasteiger partial charge in [-0.05, 0) is 110 Å². The Bertz CT molecular complexity index is 3240. The highest BCUT2D eigenvalue weighted by molar-refractivity contribution is 6.23. The average Bonchev–Trinajstić information content (AvgIpc) is 3.66. The molecule has 0 bridgehead atoms. The lowest BCUT2D eigenvalue weighted by Crippen LogP contribution is -2.12. The Morgan fingerprint density at radius 2 is 0.850 bits per heavy atom. The molecule has 2 nitrogen and oxygen atoms in total. The number of rotatable bonds is 8. The molecule has 11 rings (SSSR count). The van der Waals surface area contributed by atoms with Crippen molar-refractivity contribution >= 4 is 49.6 Å². The van der Waals surface area contributed by atoms with E-state index in [4.69, 9.17) is 0 Å². The normalized spacial score (nSPS) is 11.3. The van der Waals surface area contributed by atoms with Crippen LogP contribution < -0.4 is 4.90 Å². The molecule has 282 valence electrons. The van der Waals surface area contributed by atoms with Gasteiger partial charge in [-0.25, -0.2) is 0 Å². The van der Waals surface area contributed by atoms with Crippen LogP contribution in [0.1, 0.15) is 0 Å². The van der Waals surface area contributed by atoms with Crippen molar-refractivity contribution in [1.29, 1.82) is 0 Å². The minimum absolute atomic E-state index is 1.08. The summed E-state index contributed by atoms with van der Waals surface area (Å²) in [5.74, 6) is 0. The number of nitrogens with zero attached hydrogens (tertiary/aromatic N) is 2. The van der Waals surface area contributed by atoms with Crippen molar-refractivity contribution in [3.05, 3.63) is 243 Å². The van der Waals surface area contributed by atoms with E-state index in [0.29, 0.717) is 0 Å². The second-order valence-corrected chi connectivity index (χ2v) is 15.3. The number of fused-ring (bicyclic) bond motifs is 4. The predicted molar refractivity (Wildman–Crippen MR) is 255 cm³/mol. The van der Waals surface area contributed by atoms with E-state index in [1.165, 1.54) is 54.8 Å². The Balaban J connectivity index is 1.21. The summed E-state index contributed by atoms with van der Waals surface area (Å²) in [5, 5.41) is 4.92. The number of anilines is 3. The third-order valence-corrected chi connectivity index (χ3v) is 11.7. The number of aromatic nitrogens is 1. The molecule has 0 atom stereocenters. The fraction of sp³-hybridized carbons (Fsp3) is 0. The van der Waals surface area contributed by atoms with Crippen molar-refractivity contribution in [2.75, 3.05) is 4.90 Å². The Kier molecular flexibility index (Phi) is 8.87. The number of para-hydroxylation sites is 3. The van der Waals surface area contributed by atoms with Crippen LogP contribution in [0.25, 0.3) is 82.8 Å². The van der Waals surface area contributed by atoms with E-state index in [1.54, 1.807) is 0 Å². The van der Waals surface area contributed by atoms with Crippen molar-refractivity contribution in [2.24, 2.45) is 0 Å². The van der Waals surface area contributed by atoms with Gasteiger partial charge in [-0.1, -0.05) is 182 Å². The monoisotopic (exact) mass is 764 g/mol. The molecule has 0 N–H and O–H groups in total. The van der Waals surface area contributed by atoms with Crippen LogP contribution in [0.5, 0.6) is 0 Å². The summed E-state index contributed by atoms with van der Waals surface area (Å²) in [5.41, 5.74) is 16.2. The van der Waals surface area contributed by atoms with E-state index in [2.05, 4.69) is 252 Å². The molecule has 0 amide bonds. The molecule has 0 aliphatic carbocycles. The highest BCUT2D eigenvalue weighted by Gasteiger charge is 2.23. The maximum absolute atomic E-state index is 2.46. The van der Waals surface area contributed by atoms with Crippen LogP contribution in [-0.2, 0) is 0 Å². The standard InChI is InChI=1S/C58H40N2/c1-5-20-41(21-6-1)46-36-47(42-22-7-2-8-23-42)39-50(38-46)59(54-34-17-15-31-51(54)43-24-9-3-10-25-43)49-30-19-27-45(37-49)57-52-32-14-13-26-44(52)40-56-58(57)53-33-16-18-35-55(53)60(56)48-28-11-4-12-29-48/h1-40H. The molecule has 0 aliphatic heterocycles. The number of hydrogen-bond acceptors (Lipinski definition) is 1. The molecule has 1 heterocycles. The zero-order chi connectivity index (χ0) is 39.8. The topological polar surface area (TPSA) is 8.17 Å². The quantitative estimate of drug-likeness (QED) is 0.150. The van der Waals surface area contributed by atoms with Crippen LogP contribution in [0.15, 0.2) is 243 Å². The summed E-state index contributed by atoms with van der Waals surface area (Å²) in [7, 11) is 0. The smallest absolute Gasteiger partial charge is 0.0553 e. The molecule has 60 heavy (non-hydrogen) atoms. The van der Waals surface area contributed by atoms with Crippen LogP contribution in [0.4, 0.5) is 17.1 Å². The summed E-state index contributed by atoms with van der Waals surface area (Å²) in [6.07, 6.45) is 0. The Morgan fingerprint density at radius 3 is 1.55 bits per heavy atom. The third kappa shape index (κ3) is 6.23. The van der Waals surface area contributed by atoms with E-state index >= 15 is 0 Å². The Labute approximate surface area is 350 Å². The van der Waals surface area contributed by atoms with E-state index < -0.39 is 0 Å². The lowest BCUT2D eigenvalue weighted by atomic mass is 9.92. The van der Waals surface area contributed by atoms with Crippen molar-refractivity contribution in [1.82, 2.24) is 4.57 Å². The summed E-state index contributed by atoms with van der Waals surface area (Å²) in [6.45, 7) is 0. The fourth-order valence-corrected chi connectivity index (χ4v) is 9.04. The van der Waals surface area contributed by atoms with Crippen molar-refractivity contribution < 1.29 is 0 Å². The molecule has 10 aromatic carbocycles. The zero-order valence-electron chi connectivity index (χ0n) is 33.0. The summed E-state index contributed by atoms with van der Waals surface area (Å²) in [4.78, 5) is 2.46. The lowest BCUT2D eigenvalue weighted by Gasteiger charge is -2.29. The van der Waals surface area contributed by atoms with Gasteiger partial charge in [0.25, 0.3) is 0 Å². The Morgan fingerprint density at radius 1 is 0.317 bits per heavy atom. The van der Waals surface area contributed by atoms with Gasteiger partial charge in [0.15, 0.2) is 0 Å². The van der Waals surface area contributed by atoms with Crippen LogP contribution in [-0.4, -0.2) is 4.57 Å². The molecule has 1 aromatic heterocycles. The Hall–Kier alpha value is -7.94. The summed E-state index contributed by atoms with van der Waals surface area (Å²) in [6, 6.07) is 88.0. The SMILES string of the molecule is c1ccc(-c2cc(-c3ccccc3)cc(N(c3cccc(-c4c5ccccc5cc5c4c4ccccc4n5-c4ccccc4)c3)c3ccccc3-c3ccccc3)c2)cc1. The van der Waals surface area contributed by atoms with Gasteiger partial charge >= 0.3 is 0 Å². The molecule has 0 saturated heterocycles. The molecule has 0 aliphatic rings. The zero-order valence-corrected chi connectivity index (χ0v) is 33.0. The van der Waals surface area contributed by atoms with Gasteiger partial charge in [0, 0.05) is 33.4 Å². The van der Waals surface area contributed by atoms with E-state index in [-0.39, 0.29) is 0 Å². The van der Waals surface area contributed by atoms with Gasteiger partial charge in [-0.2, -0.15) is 0 Å². The minimum atomic E-state index is 1.08. The van der Waals surface area contributed by atoms with Gasteiger partial charge < -0.3 is 9.47 Å². The van der Waals surface area contributed by atoms with Gasteiger partial charge in [0.05, 0.1) is 16.7 Å². The van der Waals surface area contributed by atoms with E-state index in [9.17, 15) is 0 Å². The first-order valence-electron chi connectivity index (χ1n) is 20.6. The van der Waals surface area contributed by atoms with Crippen LogP contribution >= 0.6 is 0 Å². The largest absolute Gasteiger partial charge is 0.310 e. The average molecular weight is 765 g/mol.